The van der Waals surface area contributed by atoms with Crippen LogP contribution in [0, 0.1) is 6.92 Å². The van der Waals surface area contributed by atoms with Crippen LogP contribution in [0.1, 0.15) is 22.8 Å². The molecule has 0 saturated carbocycles. The van der Waals surface area contributed by atoms with Gasteiger partial charge in [-0.15, -0.1) is 0 Å². The van der Waals surface area contributed by atoms with E-state index in [1.54, 1.807) is 17.9 Å². The van der Waals surface area contributed by atoms with Gasteiger partial charge in [-0.25, -0.2) is 4.98 Å². The predicted molar refractivity (Wildman–Crippen MR) is 86.3 cm³/mol. The van der Waals surface area contributed by atoms with Crippen LogP contribution < -0.4 is 10.9 Å². The first kappa shape index (κ1) is 15.0. The Morgan fingerprint density at radius 3 is 2.91 bits per heavy atom. The molecule has 0 aliphatic carbocycles. The van der Waals surface area contributed by atoms with Crippen molar-refractivity contribution in [1.29, 1.82) is 0 Å². The molecular formula is C16H17N5O2. The maximum absolute atomic E-state index is 12.5. The molecule has 0 spiro atoms. The number of aryl methyl sites for hydroxylation is 1. The second-order valence-corrected chi connectivity index (χ2v) is 5.49. The summed E-state index contributed by atoms with van der Waals surface area (Å²) in [7, 11) is 0. The van der Waals surface area contributed by atoms with Crippen molar-refractivity contribution >= 4 is 16.8 Å². The number of para-hydroxylation sites is 1. The number of benzene rings is 1. The first-order valence-electron chi connectivity index (χ1n) is 7.31. The van der Waals surface area contributed by atoms with E-state index in [4.69, 9.17) is 0 Å². The number of amides is 1. The lowest BCUT2D eigenvalue weighted by Gasteiger charge is -2.15. The van der Waals surface area contributed by atoms with Crippen LogP contribution in [-0.4, -0.2) is 31.7 Å². The van der Waals surface area contributed by atoms with E-state index in [1.165, 1.54) is 6.33 Å². The lowest BCUT2D eigenvalue weighted by Crippen LogP contribution is -2.39. The van der Waals surface area contributed by atoms with Crippen molar-refractivity contribution in [3.05, 3.63) is 58.4 Å². The van der Waals surface area contributed by atoms with Gasteiger partial charge in [0.05, 0.1) is 6.54 Å². The molecule has 2 N–H and O–H groups in total. The quantitative estimate of drug-likeness (QED) is 0.758. The van der Waals surface area contributed by atoms with Gasteiger partial charge in [0.2, 0.25) is 0 Å². The Bertz CT molecular complexity index is 898. The van der Waals surface area contributed by atoms with Crippen LogP contribution in [0.5, 0.6) is 0 Å². The Labute approximate surface area is 132 Å². The summed E-state index contributed by atoms with van der Waals surface area (Å²) in [5, 5.41) is 7.69. The van der Waals surface area contributed by atoms with Crippen molar-refractivity contribution in [2.45, 2.75) is 26.4 Å². The van der Waals surface area contributed by atoms with Gasteiger partial charge in [-0.3, -0.25) is 14.3 Å². The summed E-state index contributed by atoms with van der Waals surface area (Å²) < 4.78 is 1.63. The van der Waals surface area contributed by atoms with Gasteiger partial charge in [-0.05, 0) is 25.5 Å². The monoisotopic (exact) mass is 311 g/mol. The molecule has 1 atom stereocenters. The van der Waals surface area contributed by atoms with Gasteiger partial charge in [0, 0.05) is 16.9 Å². The molecule has 2 aromatic heterocycles. The van der Waals surface area contributed by atoms with Crippen LogP contribution in [0.15, 0.2) is 41.7 Å². The van der Waals surface area contributed by atoms with Gasteiger partial charge in [0.25, 0.3) is 11.5 Å². The van der Waals surface area contributed by atoms with Crippen LogP contribution in [0.4, 0.5) is 0 Å². The molecule has 0 aliphatic rings. The molecule has 1 amide bonds. The first-order chi connectivity index (χ1) is 11.1. The highest BCUT2D eigenvalue weighted by Gasteiger charge is 2.18. The summed E-state index contributed by atoms with van der Waals surface area (Å²) in [6.45, 7) is 4.12. The van der Waals surface area contributed by atoms with Gasteiger partial charge < -0.3 is 10.3 Å². The van der Waals surface area contributed by atoms with Gasteiger partial charge in [-0.2, -0.15) is 5.10 Å². The largest absolute Gasteiger partial charge is 0.348 e. The number of aromatic nitrogens is 4. The van der Waals surface area contributed by atoms with Crippen molar-refractivity contribution in [1.82, 2.24) is 25.1 Å². The molecule has 23 heavy (non-hydrogen) atoms. The highest BCUT2D eigenvalue weighted by atomic mass is 16.2. The number of carbonyl (C=O) groups is 1. The third kappa shape index (κ3) is 2.98. The molecule has 0 bridgehead atoms. The third-order valence-electron chi connectivity index (χ3n) is 3.71. The second-order valence-electron chi connectivity index (χ2n) is 5.49. The number of hydrogen-bond acceptors (Lipinski definition) is 4. The Balaban J connectivity index is 1.87. The molecule has 7 nitrogen and oxygen atoms in total. The molecule has 118 valence electrons. The van der Waals surface area contributed by atoms with E-state index in [-0.39, 0.29) is 23.1 Å². The number of fused-ring (bicyclic) bond motifs is 1. The number of hydrogen-bond donors (Lipinski definition) is 2. The lowest BCUT2D eigenvalue weighted by molar-refractivity contribution is 0.0934. The maximum atomic E-state index is 12.5. The second kappa shape index (κ2) is 6.04. The standard InChI is InChI=1S/C16H17N5O2/c1-10(7-21-9-17-8-18-21)19-15(22)14-11(2)12-5-3-4-6-13(12)20-16(14)23/h3-6,8-10H,7H2,1-2H3,(H,19,22)(H,20,23)/t10-/m0/s1. The summed E-state index contributed by atoms with van der Waals surface area (Å²) in [6, 6.07) is 7.24. The van der Waals surface area contributed by atoms with E-state index in [2.05, 4.69) is 20.4 Å². The summed E-state index contributed by atoms with van der Waals surface area (Å²) in [5.74, 6) is -0.387. The van der Waals surface area contributed by atoms with Crippen LogP contribution in [-0.2, 0) is 6.54 Å². The minimum Gasteiger partial charge on any atom is -0.348 e. The predicted octanol–water partition coefficient (Wildman–Crippen LogP) is 1.25. The average molecular weight is 311 g/mol. The summed E-state index contributed by atoms with van der Waals surface area (Å²) in [5.41, 5.74) is 1.16. The fourth-order valence-corrected chi connectivity index (χ4v) is 2.63. The Hall–Kier alpha value is -2.96. The molecule has 3 rings (SSSR count). The minimum absolute atomic E-state index is 0.147. The minimum atomic E-state index is -0.387. The number of rotatable bonds is 4. The van der Waals surface area contributed by atoms with Crippen LogP contribution in [0.2, 0.25) is 0 Å². The van der Waals surface area contributed by atoms with Crippen molar-refractivity contribution < 1.29 is 4.79 Å². The van der Waals surface area contributed by atoms with E-state index in [1.807, 2.05) is 31.2 Å². The molecule has 0 unspecified atom stereocenters. The van der Waals surface area contributed by atoms with Gasteiger partial charge in [-0.1, -0.05) is 18.2 Å². The number of aromatic amines is 1. The molecule has 7 heteroatoms. The fourth-order valence-electron chi connectivity index (χ4n) is 2.63. The van der Waals surface area contributed by atoms with Crippen molar-refractivity contribution in [3.8, 4) is 0 Å². The average Bonchev–Trinajstić information content (AvgIpc) is 2.99. The van der Waals surface area contributed by atoms with E-state index in [9.17, 15) is 9.59 Å². The van der Waals surface area contributed by atoms with Crippen molar-refractivity contribution in [2.75, 3.05) is 0 Å². The van der Waals surface area contributed by atoms with Crippen LogP contribution in [0.3, 0.4) is 0 Å². The van der Waals surface area contributed by atoms with Crippen LogP contribution in [0.25, 0.3) is 10.9 Å². The molecule has 0 fully saturated rings. The number of pyridine rings is 1. The van der Waals surface area contributed by atoms with E-state index in [0.29, 0.717) is 12.1 Å². The number of nitrogens with one attached hydrogen (secondary N) is 2. The van der Waals surface area contributed by atoms with Gasteiger partial charge >= 0.3 is 0 Å². The van der Waals surface area contributed by atoms with E-state index >= 15 is 0 Å². The smallest absolute Gasteiger partial charge is 0.261 e. The first-order valence-corrected chi connectivity index (χ1v) is 7.31. The molecule has 3 aromatic rings. The van der Waals surface area contributed by atoms with Crippen LogP contribution >= 0.6 is 0 Å². The third-order valence-corrected chi connectivity index (χ3v) is 3.71. The van der Waals surface area contributed by atoms with Gasteiger partial charge in [0.15, 0.2) is 0 Å². The summed E-state index contributed by atoms with van der Waals surface area (Å²) >= 11 is 0. The fraction of sp³-hybridized carbons (Fsp3) is 0.250. The maximum Gasteiger partial charge on any atom is 0.261 e. The Kier molecular flexibility index (Phi) is 3.92. The highest BCUT2D eigenvalue weighted by molar-refractivity contribution is 5.99. The Morgan fingerprint density at radius 1 is 1.39 bits per heavy atom. The topological polar surface area (TPSA) is 92.7 Å². The Morgan fingerprint density at radius 2 is 2.17 bits per heavy atom. The number of carbonyl (C=O) groups excluding carboxylic acids is 1. The molecule has 1 aromatic carbocycles. The van der Waals surface area contributed by atoms with Gasteiger partial charge in [0.1, 0.15) is 18.2 Å². The molecule has 0 radical (unpaired) electrons. The van der Waals surface area contributed by atoms with E-state index in [0.717, 1.165) is 10.9 Å². The normalized spacial score (nSPS) is 12.3. The van der Waals surface area contributed by atoms with E-state index < -0.39 is 0 Å². The SMILES string of the molecule is Cc1c(C(=O)N[C@@H](C)Cn2cncn2)c(=O)[nH]c2ccccc12. The number of nitrogens with zero attached hydrogens (tertiary/aromatic N) is 3. The highest BCUT2D eigenvalue weighted by Crippen LogP contribution is 2.16. The zero-order valence-electron chi connectivity index (χ0n) is 12.9. The summed E-state index contributed by atoms with van der Waals surface area (Å²) in [4.78, 5) is 31.4. The lowest BCUT2D eigenvalue weighted by atomic mass is 10.0. The summed E-state index contributed by atoms with van der Waals surface area (Å²) in [6.07, 6.45) is 3.02. The number of H-pyrrole nitrogens is 1. The zero-order chi connectivity index (χ0) is 16.4. The zero-order valence-corrected chi connectivity index (χ0v) is 12.9. The van der Waals surface area contributed by atoms with Crippen molar-refractivity contribution in [2.24, 2.45) is 0 Å². The van der Waals surface area contributed by atoms with Crippen molar-refractivity contribution in [3.63, 3.8) is 0 Å². The molecule has 2 heterocycles. The molecule has 0 aliphatic heterocycles. The molecular weight excluding hydrogens is 294 g/mol. The molecule has 0 saturated heterocycles.